The van der Waals surface area contributed by atoms with Crippen LogP contribution < -0.4 is 11.1 Å². The molecule has 0 aliphatic rings. The number of pyridine rings is 1. The van der Waals surface area contributed by atoms with Gasteiger partial charge in [-0.05, 0) is 64.3 Å². The highest BCUT2D eigenvalue weighted by Gasteiger charge is 2.13. The third kappa shape index (κ3) is 4.26. The second kappa shape index (κ2) is 8.19. The summed E-state index contributed by atoms with van der Waals surface area (Å²) in [6.45, 7) is 5.06. The highest BCUT2D eigenvalue weighted by Crippen LogP contribution is 2.19. The summed E-state index contributed by atoms with van der Waals surface area (Å²) in [6, 6.07) is 10.6. The Hall–Kier alpha value is -3.72. The molecule has 0 aliphatic carbocycles. The molecule has 3 aromatic heterocycles. The fourth-order valence-corrected chi connectivity index (χ4v) is 3.36. The first-order valence-electron chi connectivity index (χ1n) is 9.91. The number of aryl methyl sites for hydroxylation is 2. The van der Waals surface area contributed by atoms with Gasteiger partial charge in [0.25, 0.3) is 5.91 Å². The lowest BCUT2D eigenvalue weighted by molar-refractivity contribution is 0.102. The number of benzene rings is 1. The van der Waals surface area contributed by atoms with E-state index < -0.39 is 5.76 Å². The van der Waals surface area contributed by atoms with Gasteiger partial charge in [-0.15, -0.1) is 0 Å². The molecular weight excluding hydrogens is 396 g/mol. The van der Waals surface area contributed by atoms with Crippen molar-refractivity contribution in [3.8, 4) is 5.82 Å². The van der Waals surface area contributed by atoms with Crippen LogP contribution in [0.3, 0.4) is 0 Å². The Morgan fingerprint density at radius 3 is 2.61 bits per heavy atom. The minimum Gasteiger partial charge on any atom is -0.408 e. The molecule has 0 fully saturated rings. The first-order chi connectivity index (χ1) is 14.8. The molecule has 0 radical (unpaired) electrons. The molecule has 0 saturated heterocycles. The van der Waals surface area contributed by atoms with E-state index in [1.54, 1.807) is 39.6 Å². The average Bonchev–Trinajstić information content (AvgIpc) is 3.23. The Morgan fingerprint density at radius 1 is 1.16 bits per heavy atom. The lowest BCUT2D eigenvalue weighted by atomic mass is 10.2. The van der Waals surface area contributed by atoms with Crippen molar-refractivity contribution in [2.24, 2.45) is 0 Å². The van der Waals surface area contributed by atoms with Crippen LogP contribution in [-0.2, 0) is 6.54 Å². The van der Waals surface area contributed by atoms with Crippen molar-refractivity contribution in [2.45, 2.75) is 20.4 Å². The number of nitrogens with zero attached hydrogens (tertiary/aromatic N) is 5. The van der Waals surface area contributed by atoms with Crippen LogP contribution in [0, 0.1) is 13.8 Å². The predicted octanol–water partition coefficient (Wildman–Crippen LogP) is 2.61. The predicted molar refractivity (Wildman–Crippen MR) is 118 cm³/mol. The van der Waals surface area contributed by atoms with E-state index in [2.05, 4.69) is 15.4 Å². The van der Waals surface area contributed by atoms with Gasteiger partial charge in [0.2, 0.25) is 0 Å². The van der Waals surface area contributed by atoms with Gasteiger partial charge in [-0.2, -0.15) is 5.10 Å². The highest BCUT2D eigenvalue weighted by molar-refractivity contribution is 6.04. The molecule has 0 aliphatic heterocycles. The van der Waals surface area contributed by atoms with Crippen molar-refractivity contribution in [3.05, 3.63) is 70.1 Å². The van der Waals surface area contributed by atoms with Gasteiger partial charge in [-0.25, -0.2) is 14.5 Å². The molecule has 1 aromatic carbocycles. The number of fused-ring (bicyclic) bond motifs is 1. The Bertz CT molecular complexity index is 1300. The van der Waals surface area contributed by atoms with Crippen molar-refractivity contribution in [1.29, 1.82) is 0 Å². The third-order valence-corrected chi connectivity index (χ3v) is 4.93. The number of anilines is 1. The van der Waals surface area contributed by atoms with Crippen LogP contribution >= 0.6 is 0 Å². The maximum atomic E-state index is 12.7. The maximum Gasteiger partial charge on any atom is 0.419 e. The fraction of sp³-hybridized carbons (Fsp3) is 0.273. The van der Waals surface area contributed by atoms with Gasteiger partial charge in [0, 0.05) is 30.7 Å². The van der Waals surface area contributed by atoms with Gasteiger partial charge in [0.05, 0.1) is 16.8 Å². The van der Waals surface area contributed by atoms with Crippen LogP contribution in [0.25, 0.3) is 16.9 Å². The quantitative estimate of drug-likeness (QED) is 0.515. The number of carbonyl (C=O) groups is 1. The van der Waals surface area contributed by atoms with Gasteiger partial charge in [-0.1, -0.05) is 0 Å². The zero-order valence-corrected chi connectivity index (χ0v) is 17.9. The lowest BCUT2D eigenvalue weighted by Gasteiger charge is -2.10. The summed E-state index contributed by atoms with van der Waals surface area (Å²) in [5.41, 5.74) is 3.98. The maximum absolute atomic E-state index is 12.7. The molecular formula is C22H24N6O3. The molecule has 1 N–H and O–H groups in total. The standard InChI is InChI=1S/C22H24N6O3/c1-14-11-15(2)28(25-14)20-8-5-16(13-23-20)21(29)24-17-6-7-19-18(12-17)27(22(30)31-19)10-9-26(3)4/h5-8,11-13H,9-10H2,1-4H3,(H,24,29). The van der Waals surface area contributed by atoms with Gasteiger partial charge in [0.15, 0.2) is 11.4 Å². The van der Waals surface area contributed by atoms with E-state index in [4.69, 9.17) is 4.42 Å². The van der Waals surface area contributed by atoms with E-state index in [0.29, 0.717) is 41.3 Å². The molecule has 9 nitrogen and oxygen atoms in total. The second-order valence-electron chi connectivity index (χ2n) is 7.70. The molecule has 0 spiro atoms. The van der Waals surface area contributed by atoms with E-state index in [1.165, 1.54) is 6.20 Å². The molecule has 3 heterocycles. The average molecular weight is 420 g/mol. The van der Waals surface area contributed by atoms with Crippen molar-refractivity contribution >= 4 is 22.7 Å². The number of aromatic nitrogens is 4. The van der Waals surface area contributed by atoms with E-state index in [-0.39, 0.29) is 5.91 Å². The number of carbonyl (C=O) groups excluding carboxylic acids is 1. The number of oxazole rings is 1. The first kappa shape index (κ1) is 20.5. The molecule has 4 aromatic rings. The number of nitrogens with one attached hydrogen (secondary N) is 1. The molecule has 31 heavy (non-hydrogen) atoms. The summed E-state index contributed by atoms with van der Waals surface area (Å²) in [5.74, 6) is -0.0615. The zero-order chi connectivity index (χ0) is 22.1. The summed E-state index contributed by atoms with van der Waals surface area (Å²) >= 11 is 0. The van der Waals surface area contributed by atoms with Crippen LogP contribution in [0.1, 0.15) is 21.7 Å². The normalized spacial score (nSPS) is 11.4. The van der Waals surface area contributed by atoms with E-state index in [0.717, 1.165) is 11.4 Å². The van der Waals surface area contributed by atoms with Gasteiger partial charge >= 0.3 is 5.76 Å². The number of rotatable bonds is 6. The number of amides is 1. The van der Waals surface area contributed by atoms with Crippen LogP contribution in [-0.4, -0.2) is 50.8 Å². The summed E-state index contributed by atoms with van der Waals surface area (Å²) < 4.78 is 8.60. The van der Waals surface area contributed by atoms with E-state index in [9.17, 15) is 9.59 Å². The molecule has 9 heteroatoms. The smallest absolute Gasteiger partial charge is 0.408 e. The van der Waals surface area contributed by atoms with Gasteiger partial charge in [-0.3, -0.25) is 9.36 Å². The number of hydrogen-bond acceptors (Lipinski definition) is 6. The molecule has 0 bridgehead atoms. The van der Waals surface area contributed by atoms with Crippen LogP contribution in [0.2, 0.25) is 0 Å². The highest BCUT2D eigenvalue weighted by atomic mass is 16.4. The lowest BCUT2D eigenvalue weighted by Crippen LogP contribution is -2.23. The van der Waals surface area contributed by atoms with Crippen LogP contribution in [0.4, 0.5) is 5.69 Å². The first-order valence-corrected chi connectivity index (χ1v) is 9.91. The molecule has 1 amide bonds. The summed E-state index contributed by atoms with van der Waals surface area (Å²) in [5, 5.41) is 7.26. The van der Waals surface area contributed by atoms with Crippen molar-refractivity contribution < 1.29 is 9.21 Å². The number of hydrogen-bond donors (Lipinski definition) is 1. The van der Waals surface area contributed by atoms with Gasteiger partial charge in [0.1, 0.15) is 0 Å². The Kier molecular flexibility index (Phi) is 5.43. The molecule has 0 saturated carbocycles. The van der Waals surface area contributed by atoms with Crippen molar-refractivity contribution in [3.63, 3.8) is 0 Å². The van der Waals surface area contributed by atoms with Gasteiger partial charge < -0.3 is 14.6 Å². The minimum atomic E-state index is -0.413. The molecule has 4 rings (SSSR count). The zero-order valence-electron chi connectivity index (χ0n) is 17.9. The number of likely N-dealkylation sites (N-methyl/N-ethyl adjacent to an activating group) is 1. The fourth-order valence-electron chi connectivity index (χ4n) is 3.36. The monoisotopic (exact) mass is 420 g/mol. The van der Waals surface area contributed by atoms with Crippen molar-refractivity contribution in [1.82, 2.24) is 24.2 Å². The molecule has 0 atom stereocenters. The Morgan fingerprint density at radius 2 is 1.97 bits per heavy atom. The van der Waals surface area contributed by atoms with Crippen LogP contribution in [0.5, 0.6) is 0 Å². The minimum absolute atomic E-state index is 0.294. The molecule has 160 valence electrons. The summed E-state index contributed by atoms with van der Waals surface area (Å²) in [6.07, 6.45) is 1.52. The van der Waals surface area contributed by atoms with E-state index >= 15 is 0 Å². The summed E-state index contributed by atoms with van der Waals surface area (Å²) in [7, 11) is 3.88. The topological polar surface area (TPSA) is 98.2 Å². The summed E-state index contributed by atoms with van der Waals surface area (Å²) in [4.78, 5) is 31.2. The Balaban J connectivity index is 1.54. The van der Waals surface area contributed by atoms with Crippen LogP contribution in [0.15, 0.2) is 51.8 Å². The van der Waals surface area contributed by atoms with Crippen molar-refractivity contribution in [2.75, 3.05) is 26.0 Å². The largest absolute Gasteiger partial charge is 0.419 e. The molecule has 0 unspecified atom stereocenters. The Labute approximate surface area is 178 Å². The third-order valence-electron chi connectivity index (χ3n) is 4.93. The second-order valence-corrected chi connectivity index (χ2v) is 7.70. The SMILES string of the molecule is Cc1cc(C)n(-c2ccc(C(=O)Nc3ccc4oc(=O)n(CCN(C)C)c4c3)cn2)n1. The van der Waals surface area contributed by atoms with E-state index in [1.807, 2.05) is 38.9 Å².